The van der Waals surface area contributed by atoms with Gasteiger partial charge in [0.2, 0.25) is 0 Å². The van der Waals surface area contributed by atoms with Gasteiger partial charge in [0.1, 0.15) is 0 Å². The summed E-state index contributed by atoms with van der Waals surface area (Å²) < 4.78 is 6.26. The molecule has 0 aromatic carbocycles. The minimum atomic E-state index is -0.784. The number of carboxylic acid groups (broad SMARTS) is 1. The molecule has 0 aliphatic carbocycles. The highest BCUT2D eigenvalue weighted by Gasteiger charge is 2.09. The molecule has 0 radical (unpaired) electrons. The van der Waals surface area contributed by atoms with Gasteiger partial charge >= 0.3 is 5.97 Å². The standard InChI is InChI=1S/C34H69NO3/c1-31(2)24-20-16-12-8-5-6-11-15-19-23-29-38-33(27-28-35-30-34(36)37)26-22-18-14-10-7-9-13-17-21-25-32(3)4/h31-33,35H,5-30H2,1-4H3,(H,36,37). The molecule has 4 heteroatoms. The van der Waals surface area contributed by atoms with Crippen LogP contribution in [0.15, 0.2) is 0 Å². The number of rotatable bonds is 31. The fourth-order valence-corrected chi connectivity index (χ4v) is 5.25. The zero-order valence-electron chi connectivity index (χ0n) is 26.4. The van der Waals surface area contributed by atoms with Gasteiger partial charge in [-0.3, -0.25) is 4.79 Å². The number of aliphatic carboxylic acids is 1. The van der Waals surface area contributed by atoms with Gasteiger partial charge in [0.25, 0.3) is 0 Å². The zero-order chi connectivity index (χ0) is 28.1. The third-order valence-corrected chi connectivity index (χ3v) is 7.76. The number of ether oxygens (including phenoxy) is 1. The summed E-state index contributed by atoms with van der Waals surface area (Å²) in [5, 5.41) is 11.9. The van der Waals surface area contributed by atoms with Crippen molar-refractivity contribution >= 4 is 5.97 Å². The largest absolute Gasteiger partial charge is 0.480 e. The maximum atomic E-state index is 10.8. The maximum absolute atomic E-state index is 10.8. The van der Waals surface area contributed by atoms with E-state index in [0.29, 0.717) is 0 Å². The molecule has 0 aromatic heterocycles. The van der Waals surface area contributed by atoms with Crippen LogP contribution in [0, 0.1) is 11.8 Å². The molecule has 0 aliphatic rings. The Kier molecular flexibility index (Phi) is 28.9. The van der Waals surface area contributed by atoms with Gasteiger partial charge in [-0.2, -0.15) is 0 Å². The predicted molar refractivity (Wildman–Crippen MR) is 166 cm³/mol. The van der Waals surface area contributed by atoms with Crippen LogP contribution in [-0.2, 0) is 9.53 Å². The lowest BCUT2D eigenvalue weighted by Crippen LogP contribution is -2.27. The summed E-state index contributed by atoms with van der Waals surface area (Å²) in [6, 6.07) is 0. The van der Waals surface area contributed by atoms with Crippen LogP contribution in [-0.4, -0.2) is 36.9 Å². The average Bonchev–Trinajstić information content (AvgIpc) is 2.86. The molecule has 0 spiro atoms. The molecule has 38 heavy (non-hydrogen) atoms. The Bertz CT molecular complexity index is 480. The number of hydrogen-bond acceptors (Lipinski definition) is 3. The van der Waals surface area contributed by atoms with E-state index in [-0.39, 0.29) is 12.6 Å². The van der Waals surface area contributed by atoms with Crippen molar-refractivity contribution in [1.29, 1.82) is 0 Å². The summed E-state index contributed by atoms with van der Waals surface area (Å²) in [5.41, 5.74) is 0. The third kappa shape index (κ3) is 31.6. The highest BCUT2D eigenvalue weighted by Crippen LogP contribution is 2.17. The summed E-state index contributed by atoms with van der Waals surface area (Å²) in [6.07, 6.45) is 30.9. The van der Waals surface area contributed by atoms with Gasteiger partial charge in [0.05, 0.1) is 12.6 Å². The molecule has 0 saturated heterocycles. The number of carboxylic acids is 1. The van der Waals surface area contributed by atoms with Crippen molar-refractivity contribution < 1.29 is 14.6 Å². The Balaban J connectivity index is 3.75. The molecule has 0 fully saturated rings. The summed E-state index contributed by atoms with van der Waals surface area (Å²) in [5.74, 6) is 0.926. The number of nitrogens with one attached hydrogen (secondary N) is 1. The maximum Gasteiger partial charge on any atom is 0.317 e. The van der Waals surface area contributed by atoms with E-state index in [4.69, 9.17) is 9.84 Å². The second-order valence-corrected chi connectivity index (χ2v) is 12.7. The predicted octanol–water partition coefficient (Wildman–Crippen LogP) is 10.3. The number of hydrogen-bond donors (Lipinski definition) is 2. The minimum Gasteiger partial charge on any atom is -0.480 e. The zero-order valence-corrected chi connectivity index (χ0v) is 26.4. The Morgan fingerprint density at radius 3 is 1.32 bits per heavy atom. The third-order valence-electron chi connectivity index (χ3n) is 7.76. The molecule has 0 aromatic rings. The molecule has 2 N–H and O–H groups in total. The average molecular weight is 540 g/mol. The smallest absolute Gasteiger partial charge is 0.317 e. The topological polar surface area (TPSA) is 58.6 Å². The molecule has 0 heterocycles. The Morgan fingerprint density at radius 2 is 0.921 bits per heavy atom. The summed E-state index contributed by atoms with van der Waals surface area (Å²) in [6.45, 7) is 10.9. The van der Waals surface area contributed by atoms with Crippen molar-refractivity contribution in [2.75, 3.05) is 19.7 Å². The Labute approximate surface area is 238 Å². The van der Waals surface area contributed by atoms with Gasteiger partial charge in [0, 0.05) is 6.61 Å². The van der Waals surface area contributed by atoms with E-state index in [1.54, 1.807) is 0 Å². The van der Waals surface area contributed by atoms with Crippen molar-refractivity contribution in [2.45, 2.75) is 181 Å². The number of carbonyl (C=O) groups is 1. The van der Waals surface area contributed by atoms with Gasteiger partial charge in [0.15, 0.2) is 0 Å². The molecular formula is C34H69NO3. The van der Waals surface area contributed by atoms with Crippen molar-refractivity contribution in [3.8, 4) is 0 Å². The summed E-state index contributed by atoms with van der Waals surface area (Å²) in [7, 11) is 0. The van der Waals surface area contributed by atoms with Crippen LogP contribution < -0.4 is 5.32 Å². The normalized spacial score (nSPS) is 12.6. The van der Waals surface area contributed by atoms with E-state index in [1.165, 1.54) is 128 Å². The van der Waals surface area contributed by atoms with E-state index in [2.05, 4.69) is 33.0 Å². The molecular weight excluding hydrogens is 470 g/mol. The van der Waals surface area contributed by atoms with Crippen molar-refractivity contribution in [2.24, 2.45) is 11.8 Å². The molecule has 1 unspecified atom stereocenters. The molecule has 0 amide bonds. The van der Waals surface area contributed by atoms with Gasteiger partial charge < -0.3 is 15.2 Å². The number of unbranched alkanes of at least 4 members (excludes halogenated alkanes) is 17. The summed E-state index contributed by atoms with van der Waals surface area (Å²) >= 11 is 0. The molecule has 0 bridgehead atoms. The lowest BCUT2D eigenvalue weighted by atomic mass is 10.0. The fraction of sp³-hybridized carbons (Fsp3) is 0.971. The van der Waals surface area contributed by atoms with Gasteiger partial charge in [-0.1, -0.05) is 156 Å². The quantitative estimate of drug-likeness (QED) is 0.0860. The molecule has 1 atom stereocenters. The molecule has 4 nitrogen and oxygen atoms in total. The van der Waals surface area contributed by atoms with E-state index in [9.17, 15) is 4.79 Å². The van der Waals surface area contributed by atoms with E-state index in [1.807, 2.05) is 0 Å². The Hall–Kier alpha value is -0.610. The van der Waals surface area contributed by atoms with Gasteiger partial charge in [-0.25, -0.2) is 0 Å². The second-order valence-electron chi connectivity index (χ2n) is 12.7. The molecule has 0 saturated carbocycles. The first-order valence-electron chi connectivity index (χ1n) is 17.0. The van der Waals surface area contributed by atoms with E-state index >= 15 is 0 Å². The van der Waals surface area contributed by atoms with Crippen LogP contribution >= 0.6 is 0 Å². The van der Waals surface area contributed by atoms with E-state index < -0.39 is 5.97 Å². The SMILES string of the molecule is CC(C)CCCCCCCCCCCCOC(CCCCCCCCCCCC(C)C)CCNCC(=O)O. The molecule has 0 rings (SSSR count). The van der Waals surface area contributed by atoms with Crippen LogP contribution in [0.4, 0.5) is 0 Å². The van der Waals surface area contributed by atoms with E-state index in [0.717, 1.165) is 44.2 Å². The summed E-state index contributed by atoms with van der Waals surface area (Å²) in [4.78, 5) is 10.8. The van der Waals surface area contributed by atoms with Crippen LogP contribution in [0.25, 0.3) is 0 Å². The highest BCUT2D eigenvalue weighted by molar-refractivity contribution is 5.68. The van der Waals surface area contributed by atoms with Crippen molar-refractivity contribution in [1.82, 2.24) is 5.32 Å². The monoisotopic (exact) mass is 540 g/mol. The molecule has 0 aliphatic heterocycles. The first-order chi connectivity index (χ1) is 18.4. The first-order valence-corrected chi connectivity index (χ1v) is 17.0. The molecule has 228 valence electrons. The van der Waals surface area contributed by atoms with Crippen LogP contribution in [0.2, 0.25) is 0 Å². The lowest BCUT2D eigenvalue weighted by Gasteiger charge is -2.18. The van der Waals surface area contributed by atoms with Gasteiger partial charge in [-0.15, -0.1) is 0 Å². The van der Waals surface area contributed by atoms with Crippen LogP contribution in [0.1, 0.15) is 175 Å². The van der Waals surface area contributed by atoms with Crippen LogP contribution in [0.5, 0.6) is 0 Å². The highest BCUT2D eigenvalue weighted by atomic mass is 16.5. The van der Waals surface area contributed by atoms with Crippen molar-refractivity contribution in [3.63, 3.8) is 0 Å². The van der Waals surface area contributed by atoms with Gasteiger partial charge in [-0.05, 0) is 37.6 Å². The lowest BCUT2D eigenvalue weighted by molar-refractivity contribution is -0.136. The second kappa shape index (κ2) is 29.4. The van der Waals surface area contributed by atoms with Crippen LogP contribution in [0.3, 0.4) is 0 Å². The Morgan fingerprint density at radius 1 is 0.553 bits per heavy atom. The van der Waals surface area contributed by atoms with Crippen molar-refractivity contribution in [3.05, 3.63) is 0 Å². The fourth-order valence-electron chi connectivity index (χ4n) is 5.25. The first kappa shape index (κ1) is 37.4. The minimum absolute atomic E-state index is 0.0438.